The van der Waals surface area contributed by atoms with Crippen LogP contribution >= 0.6 is 0 Å². The molecule has 1 unspecified atom stereocenters. The van der Waals surface area contributed by atoms with Crippen molar-refractivity contribution in [3.8, 4) is 0 Å². The molecular formula is C21H25F3N2O3. The molecule has 1 N–H and O–H groups in total. The highest BCUT2D eigenvalue weighted by atomic mass is 19.4. The number of amides is 2. The van der Waals surface area contributed by atoms with Crippen LogP contribution < -0.4 is 5.32 Å². The summed E-state index contributed by atoms with van der Waals surface area (Å²) in [7, 11) is 0. The highest BCUT2D eigenvalue weighted by Gasteiger charge is 2.47. The summed E-state index contributed by atoms with van der Waals surface area (Å²) in [5.41, 5.74) is 0.0438. The van der Waals surface area contributed by atoms with Gasteiger partial charge in [-0.1, -0.05) is 0 Å². The molecule has 3 fully saturated rings. The number of alkyl halides is 3. The minimum Gasteiger partial charge on any atom is -0.368 e. The van der Waals surface area contributed by atoms with E-state index in [4.69, 9.17) is 4.74 Å². The number of piperidine rings is 1. The molecule has 4 rings (SSSR count). The van der Waals surface area contributed by atoms with Crippen LogP contribution in [-0.4, -0.2) is 41.5 Å². The lowest BCUT2D eigenvalue weighted by Crippen LogP contribution is -2.51. The van der Waals surface area contributed by atoms with E-state index in [0.717, 1.165) is 37.8 Å². The fourth-order valence-corrected chi connectivity index (χ4v) is 4.90. The first-order valence-corrected chi connectivity index (χ1v) is 10.2. The lowest BCUT2D eigenvalue weighted by atomic mass is 9.89. The molecule has 0 aromatic heterocycles. The van der Waals surface area contributed by atoms with Crippen molar-refractivity contribution in [3.05, 3.63) is 29.3 Å². The first-order valence-electron chi connectivity index (χ1n) is 10.2. The van der Waals surface area contributed by atoms with Gasteiger partial charge in [-0.05, 0) is 69.2 Å². The zero-order valence-electron chi connectivity index (χ0n) is 16.3. The van der Waals surface area contributed by atoms with Gasteiger partial charge in [0.05, 0.1) is 5.56 Å². The first kappa shape index (κ1) is 20.2. The molecule has 2 bridgehead atoms. The number of halogens is 3. The predicted octanol–water partition coefficient (Wildman–Crippen LogP) is 3.90. The Bertz CT molecular complexity index is 791. The molecule has 8 heteroatoms. The van der Waals surface area contributed by atoms with Crippen LogP contribution in [0.1, 0.15) is 49.7 Å². The van der Waals surface area contributed by atoms with Gasteiger partial charge >= 0.3 is 6.18 Å². The van der Waals surface area contributed by atoms with Crippen molar-refractivity contribution in [1.29, 1.82) is 0 Å². The molecule has 2 amide bonds. The van der Waals surface area contributed by atoms with Crippen LogP contribution in [0, 0.1) is 12.8 Å². The van der Waals surface area contributed by atoms with Gasteiger partial charge in [0.25, 0.3) is 5.91 Å². The number of carbonyl (C=O) groups is 2. The van der Waals surface area contributed by atoms with Gasteiger partial charge in [-0.25, -0.2) is 0 Å². The maximum Gasteiger partial charge on any atom is 0.416 e. The lowest BCUT2D eigenvalue weighted by molar-refractivity contribution is -0.147. The van der Waals surface area contributed by atoms with Crippen LogP contribution in [0.3, 0.4) is 0 Å². The molecule has 0 aliphatic carbocycles. The van der Waals surface area contributed by atoms with Crippen molar-refractivity contribution >= 4 is 17.5 Å². The largest absolute Gasteiger partial charge is 0.416 e. The molecule has 29 heavy (non-hydrogen) atoms. The van der Waals surface area contributed by atoms with Gasteiger partial charge in [0.2, 0.25) is 5.91 Å². The van der Waals surface area contributed by atoms with Gasteiger partial charge < -0.3 is 15.0 Å². The number of nitrogens with zero attached hydrogens (tertiary/aromatic N) is 1. The Morgan fingerprint density at radius 1 is 1.14 bits per heavy atom. The lowest BCUT2D eigenvalue weighted by Gasteiger charge is -2.39. The van der Waals surface area contributed by atoms with E-state index in [-0.39, 0.29) is 35.9 Å². The first-order chi connectivity index (χ1) is 13.7. The number of aryl methyl sites for hydroxylation is 1. The fraction of sp³-hybridized carbons (Fsp3) is 0.619. The third-order valence-corrected chi connectivity index (χ3v) is 6.38. The summed E-state index contributed by atoms with van der Waals surface area (Å²) in [5, 5.41) is 2.79. The average molecular weight is 410 g/mol. The second kappa shape index (κ2) is 7.63. The molecule has 1 aromatic rings. The van der Waals surface area contributed by atoms with Crippen molar-refractivity contribution in [2.45, 2.75) is 69.8 Å². The molecule has 3 heterocycles. The highest BCUT2D eigenvalue weighted by Crippen LogP contribution is 2.40. The van der Waals surface area contributed by atoms with Gasteiger partial charge in [0, 0.05) is 30.3 Å². The predicted molar refractivity (Wildman–Crippen MR) is 100 cm³/mol. The molecule has 1 aromatic carbocycles. The molecule has 5 nitrogen and oxygen atoms in total. The van der Waals surface area contributed by atoms with E-state index < -0.39 is 11.7 Å². The van der Waals surface area contributed by atoms with E-state index in [1.807, 2.05) is 4.90 Å². The number of rotatable bonds is 3. The van der Waals surface area contributed by atoms with Crippen molar-refractivity contribution in [2.24, 2.45) is 5.92 Å². The van der Waals surface area contributed by atoms with Crippen molar-refractivity contribution in [1.82, 2.24) is 4.90 Å². The number of nitrogens with one attached hydrogen (secondary N) is 1. The van der Waals surface area contributed by atoms with Crippen molar-refractivity contribution in [3.63, 3.8) is 0 Å². The fourth-order valence-electron chi connectivity index (χ4n) is 4.90. The molecule has 3 aliphatic rings. The SMILES string of the molecule is Cc1cc(C(F)(F)F)ccc1NC(=O)C1C[C@H]2CC[C@@H](C1)N2C(=O)[C@@H]1CCCO1. The number of hydrogen-bond donors (Lipinski definition) is 1. The summed E-state index contributed by atoms with van der Waals surface area (Å²) in [5.74, 6) is -0.385. The van der Waals surface area contributed by atoms with Gasteiger partial charge in [0.15, 0.2) is 0 Å². The van der Waals surface area contributed by atoms with Crippen LogP contribution in [-0.2, 0) is 20.5 Å². The maximum atomic E-state index is 12.8. The average Bonchev–Trinajstić information content (AvgIpc) is 3.28. The van der Waals surface area contributed by atoms with Gasteiger partial charge in [0.1, 0.15) is 6.10 Å². The number of carbonyl (C=O) groups excluding carboxylic acids is 2. The molecule has 3 aliphatic heterocycles. The zero-order chi connectivity index (χ0) is 20.8. The van der Waals surface area contributed by atoms with Crippen LogP contribution in [0.2, 0.25) is 0 Å². The molecule has 0 radical (unpaired) electrons. The summed E-state index contributed by atoms with van der Waals surface area (Å²) in [6, 6.07) is 3.41. The normalized spacial score (nSPS) is 29.2. The van der Waals surface area contributed by atoms with Crippen LogP contribution in [0.5, 0.6) is 0 Å². The standard InChI is InChI=1S/C21H25F3N2O3/c1-12-9-14(21(22,23)24)4-7-17(12)25-19(27)13-10-15-5-6-16(11-13)26(15)20(28)18-3-2-8-29-18/h4,7,9,13,15-16,18H,2-3,5-6,8,10-11H2,1H3,(H,25,27)/t13?,15-,16+,18-/m0/s1. The zero-order valence-corrected chi connectivity index (χ0v) is 16.3. The smallest absolute Gasteiger partial charge is 0.368 e. The second-order valence-corrected chi connectivity index (χ2v) is 8.32. The van der Waals surface area contributed by atoms with Crippen molar-refractivity contribution in [2.75, 3.05) is 11.9 Å². The minimum absolute atomic E-state index is 0.0369. The molecule has 158 valence electrons. The summed E-state index contributed by atoms with van der Waals surface area (Å²) >= 11 is 0. The number of hydrogen-bond acceptors (Lipinski definition) is 3. The second-order valence-electron chi connectivity index (χ2n) is 8.32. The molecule has 3 saturated heterocycles. The van der Waals surface area contributed by atoms with E-state index in [2.05, 4.69) is 5.32 Å². The molecule has 0 spiro atoms. The number of anilines is 1. The Labute approximate surface area is 167 Å². The number of benzene rings is 1. The van der Waals surface area contributed by atoms with E-state index in [1.54, 1.807) is 6.92 Å². The maximum absolute atomic E-state index is 12.8. The van der Waals surface area contributed by atoms with E-state index in [1.165, 1.54) is 6.07 Å². The van der Waals surface area contributed by atoms with E-state index >= 15 is 0 Å². The quantitative estimate of drug-likeness (QED) is 0.822. The summed E-state index contributed by atoms with van der Waals surface area (Å²) < 4.78 is 44.0. The van der Waals surface area contributed by atoms with E-state index in [9.17, 15) is 22.8 Å². The number of ether oxygens (including phenoxy) is 1. The number of fused-ring (bicyclic) bond motifs is 2. The Morgan fingerprint density at radius 2 is 1.83 bits per heavy atom. The third kappa shape index (κ3) is 3.99. The van der Waals surface area contributed by atoms with Crippen molar-refractivity contribution < 1.29 is 27.5 Å². The van der Waals surface area contributed by atoms with Crippen LogP contribution in [0.15, 0.2) is 18.2 Å². The van der Waals surface area contributed by atoms with Crippen LogP contribution in [0.25, 0.3) is 0 Å². The van der Waals surface area contributed by atoms with Gasteiger partial charge in [-0.15, -0.1) is 0 Å². The summed E-state index contributed by atoms with van der Waals surface area (Å²) in [6.07, 6.45) is -0.171. The third-order valence-electron chi connectivity index (χ3n) is 6.38. The van der Waals surface area contributed by atoms with Crippen LogP contribution in [0.4, 0.5) is 18.9 Å². The summed E-state index contributed by atoms with van der Waals surface area (Å²) in [4.78, 5) is 27.5. The molecule has 4 atom stereocenters. The van der Waals surface area contributed by atoms with Gasteiger partial charge in [-0.2, -0.15) is 13.2 Å². The Kier molecular flexibility index (Phi) is 5.31. The summed E-state index contributed by atoms with van der Waals surface area (Å²) in [6.45, 7) is 2.18. The topological polar surface area (TPSA) is 58.6 Å². The minimum atomic E-state index is -4.41. The highest BCUT2D eigenvalue weighted by molar-refractivity contribution is 5.93. The molecular weight excluding hydrogens is 385 g/mol. The monoisotopic (exact) mass is 410 g/mol. The van der Waals surface area contributed by atoms with E-state index in [0.29, 0.717) is 30.7 Å². The Hall–Kier alpha value is -2.09. The molecule has 0 saturated carbocycles. The Balaban J connectivity index is 1.41. The Morgan fingerprint density at radius 3 is 2.38 bits per heavy atom. The van der Waals surface area contributed by atoms with Gasteiger partial charge in [-0.3, -0.25) is 9.59 Å².